The Morgan fingerprint density at radius 2 is 1.88 bits per heavy atom. The Morgan fingerprint density at radius 1 is 1.12 bits per heavy atom. The maximum atomic E-state index is 14.3. The van der Waals surface area contributed by atoms with Crippen LogP contribution in [0.3, 0.4) is 0 Å². The van der Waals surface area contributed by atoms with E-state index in [4.69, 9.17) is 9.47 Å². The third-order valence-corrected chi connectivity index (χ3v) is 9.44. The molecule has 5 rings (SSSR count). The van der Waals surface area contributed by atoms with Crippen LogP contribution in [0.15, 0.2) is 36.4 Å². The number of fused-ring (bicyclic) bond motifs is 1. The van der Waals surface area contributed by atoms with Crippen molar-refractivity contribution in [3.05, 3.63) is 36.4 Å². The van der Waals surface area contributed by atoms with E-state index in [9.17, 15) is 14.4 Å². The summed E-state index contributed by atoms with van der Waals surface area (Å²) in [5, 5.41) is 6.29. The second-order valence-corrected chi connectivity index (χ2v) is 12.2. The molecule has 3 fully saturated rings. The van der Waals surface area contributed by atoms with Crippen LogP contribution >= 0.6 is 0 Å². The van der Waals surface area contributed by atoms with Crippen LogP contribution in [0.5, 0.6) is 5.75 Å². The van der Waals surface area contributed by atoms with E-state index in [-0.39, 0.29) is 23.8 Å². The molecule has 224 valence electrons. The highest BCUT2D eigenvalue weighted by atomic mass is 16.5. The second-order valence-electron chi connectivity index (χ2n) is 12.2. The monoisotopic (exact) mass is 566 g/mol. The van der Waals surface area contributed by atoms with E-state index in [1.54, 1.807) is 30.2 Å². The minimum absolute atomic E-state index is 0.0788. The van der Waals surface area contributed by atoms with E-state index in [1.165, 1.54) is 6.42 Å². The van der Waals surface area contributed by atoms with Crippen LogP contribution < -0.4 is 15.4 Å². The predicted octanol–water partition coefficient (Wildman–Crippen LogP) is 3.60. The van der Waals surface area contributed by atoms with Gasteiger partial charge in [0.2, 0.25) is 17.7 Å². The quantitative estimate of drug-likeness (QED) is 0.375. The summed E-state index contributed by atoms with van der Waals surface area (Å²) in [4.78, 5) is 46.2. The Balaban J connectivity index is 1.42. The fourth-order valence-electron chi connectivity index (χ4n) is 7.44. The molecule has 2 N–H and O–H groups in total. The van der Waals surface area contributed by atoms with Gasteiger partial charge in [-0.3, -0.25) is 14.4 Å². The van der Waals surface area contributed by atoms with Crippen molar-refractivity contribution >= 4 is 23.4 Å². The molecule has 1 aromatic carbocycles. The molecule has 2 bridgehead atoms. The van der Waals surface area contributed by atoms with Gasteiger partial charge < -0.3 is 29.9 Å². The first-order valence-corrected chi connectivity index (χ1v) is 15.5. The number of benzene rings is 1. The molecule has 1 aromatic rings. The van der Waals surface area contributed by atoms with Crippen LogP contribution in [0.1, 0.15) is 59.3 Å². The molecule has 3 aliphatic heterocycles. The lowest BCUT2D eigenvalue weighted by Gasteiger charge is -2.36. The molecule has 41 heavy (non-hydrogen) atoms. The average molecular weight is 567 g/mol. The molecule has 1 spiro atoms. The third kappa shape index (κ3) is 5.63. The Kier molecular flexibility index (Phi) is 9.04. The summed E-state index contributed by atoms with van der Waals surface area (Å²) < 4.78 is 11.8. The van der Waals surface area contributed by atoms with Gasteiger partial charge in [0.25, 0.3) is 0 Å². The SMILES string of the molecule is CCCN(CCC)CCN1C(=O)[C@@H]2[C@H](C(=O)Nc3cccc(OC)c3)[C@@H]3C=C[C@@]2(O3)[C@@H]1C(=O)N[C@@H]1CCCC[C@@H]1C. The molecular formula is C32H46N4O5. The highest BCUT2D eigenvalue weighted by Gasteiger charge is 2.72. The number of carbonyl (C=O) groups is 3. The molecule has 3 heterocycles. The number of amides is 3. The molecule has 1 aliphatic carbocycles. The van der Waals surface area contributed by atoms with Gasteiger partial charge in [-0.15, -0.1) is 0 Å². The largest absolute Gasteiger partial charge is 0.497 e. The molecule has 9 heteroatoms. The number of likely N-dealkylation sites (tertiary alicyclic amines) is 1. The molecule has 3 amide bonds. The summed E-state index contributed by atoms with van der Waals surface area (Å²) >= 11 is 0. The van der Waals surface area contributed by atoms with Crippen molar-refractivity contribution in [3.63, 3.8) is 0 Å². The normalized spacial score (nSPS) is 31.9. The third-order valence-electron chi connectivity index (χ3n) is 9.44. The molecule has 9 nitrogen and oxygen atoms in total. The topological polar surface area (TPSA) is 100 Å². The van der Waals surface area contributed by atoms with Gasteiger partial charge >= 0.3 is 0 Å². The van der Waals surface area contributed by atoms with Gasteiger partial charge in [0, 0.05) is 30.9 Å². The lowest BCUT2D eigenvalue weighted by molar-refractivity contribution is -0.141. The highest BCUT2D eigenvalue weighted by molar-refractivity contribution is 6.02. The Hall–Kier alpha value is -2.91. The molecule has 0 unspecified atom stereocenters. The summed E-state index contributed by atoms with van der Waals surface area (Å²) in [7, 11) is 1.58. The zero-order valence-electron chi connectivity index (χ0n) is 24.9. The number of carbonyl (C=O) groups excluding carboxylic acids is 3. The highest BCUT2D eigenvalue weighted by Crippen LogP contribution is 2.55. The molecule has 1 saturated carbocycles. The van der Waals surface area contributed by atoms with Crippen LogP contribution in [0.25, 0.3) is 0 Å². The van der Waals surface area contributed by atoms with Crippen molar-refractivity contribution in [1.29, 1.82) is 0 Å². The summed E-state index contributed by atoms with van der Waals surface area (Å²) in [6, 6.07) is 6.42. The lowest BCUT2D eigenvalue weighted by Crippen LogP contribution is -2.58. The van der Waals surface area contributed by atoms with Crippen molar-refractivity contribution in [2.24, 2.45) is 17.8 Å². The van der Waals surface area contributed by atoms with Gasteiger partial charge in [-0.25, -0.2) is 0 Å². The molecule has 2 saturated heterocycles. The number of nitrogens with zero attached hydrogens (tertiary/aromatic N) is 2. The Labute approximate surface area is 244 Å². The molecule has 0 radical (unpaired) electrons. The van der Waals surface area contributed by atoms with E-state index in [0.29, 0.717) is 30.4 Å². The Morgan fingerprint density at radius 3 is 2.59 bits per heavy atom. The van der Waals surface area contributed by atoms with E-state index in [0.717, 1.165) is 45.2 Å². The minimum atomic E-state index is -1.15. The number of anilines is 1. The van der Waals surface area contributed by atoms with E-state index in [2.05, 4.69) is 36.3 Å². The van der Waals surface area contributed by atoms with Crippen LogP contribution in [-0.4, -0.2) is 84.6 Å². The number of hydrogen-bond acceptors (Lipinski definition) is 6. The number of hydrogen-bond donors (Lipinski definition) is 2. The van der Waals surface area contributed by atoms with Gasteiger partial charge in [0.1, 0.15) is 17.4 Å². The van der Waals surface area contributed by atoms with Gasteiger partial charge in [0.15, 0.2) is 0 Å². The summed E-state index contributed by atoms with van der Waals surface area (Å²) in [6.07, 6.45) is 9.52. The first kappa shape index (κ1) is 29.6. The molecule has 0 aromatic heterocycles. The molecule has 4 aliphatic rings. The van der Waals surface area contributed by atoms with Gasteiger partial charge in [-0.1, -0.05) is 51.8 Å². The second kappa shape index (κ2) is 12.5. The van der Waals surface area contributed by atoms with E-state index < -0.39 is 29.6 Å². The van der Waals surface area contributed by atoms with Crippen molar-refractivity contribution < 1.29 is 23.9 Å². The average Bonchev–Trinajstić information content (AvgIpc) is 3.60. The van der Waals surface area contributed by atoms with E-state index >= 15 is 0 Å². The number of methoxy groups -OCH3 is 1. The standard InChI is InChI=1S/C32H46N4O5/c1-5-16-35(17-6-2)18-19-36-28(30(38)34-24-13-8-7-10-21(24)3)32-15-14-25(41-32)26(27(32)31(36)39)29(37)33-22-11-9-12-23(20-22)40-4/h9,11-12,14-15,20-21,24-28H,5-8,10,13,16-19H2,1-4H3,(H,33,37)(H,34,38)/t21-,24+,25-,26+,27-,28-,32-/m0/s1. The first-order chi connectivity index (χ1) is 19.8. The van der Waals surface area contributed by atoms with Crippen molar-refractivity contribution in [2.75, 3.05) is 38.6 Å². The molecule has 7 atom stereocenters. The fraction of sp³-hybridized carbons (Fsp3) is 0.656. The van der Waals surface area contributed by atoms with Crippen LogP contribution in [0.2, 0.25) is 0 Å². The fourth-order valence-corrected chi connectivity index (χ4v) is 7.44. The number of ether oxygens (including phenoxy) is 2. The van der Waals surface area contributed by atoms with Crippen LogP contribution in [0, 0.1) is 17.8 Å². The van der Waals surface area contributed by atoms with Gasteiger partial charge in [0.05, 0.1) is 25.0 Å². The van der Waals surface area contributed by atoms with Gasteiger partial charge in [-0.05, 0) is 56.8 Å². The number of rotatable bonds is 12. The van der Waals surface area contributed by atoms with Crippen molar-refractivity contribution in [1.82, 2.24) is 15.1 Å². The molecular weight excluding hydrogens is 520 g/mol. The smallest absolute Gasteiger partial charge is 0.246 e. The van der Waals surface area contributed by atoms with E-state index in [1.807, 2.05) is 18.2 Å². The van der Waals surface area contributed by atoms with Crippen molar-refractivity contribution in [3.8, 4) is 5.75 Å². The zero-order valence-corrected chi connectivity index (χ0v) is 24.9. The Bertz CT molecular complexity index is 1150. The summed E-state index contributed by atoms with van der Waals surface area (Å²) in [5.41, 5.74) is -0.562. The summed E-state index contributed by atoms with van der Waals surface area (Å²) in [5.74, 6) is -1.10. The van der Waals surface area contributed by atoms with Crippen LogP contribution in [0.4, 0.5) is 5.69 Å². The lowest BCUT2D eigenvalue weighted by atomic mass is 9.74. The van der Waals surface area contributed by atoms with Gasteiger partial charge in [-0.2, -0.15) is 0 Å². The van der Waals surface area contributed by atoms with Crippen molar-refractivity contribution in [2.45, 2.75) is 83.1 Å². The summed E-state index contributed by atoms with van der Waals surface area (Å²) in [6.45, 7) is 9.45. The maximum Gasteiger partial charge on any atom is 0.246 e. The minimum Gasteiger partial charge on any atom is -0.497 e. The predicted molar refractivity (Wildman–Crippen MR) is 157 cm³/mol. The number of nitrogens with one attached hydrogen (secondary N) is 2. The maximum absolute atomic E-state index is 14.3. The van der Waals surface area contributed by atoms with Crippen LogP contribution in [-0.2, 0) is 19.1 Å². The first-order valence-electron chi connectivity index (χ1n) is 15.5. The zero-order chi connectivity index (χ0) is 29.1.